The van der Waals surface area contributed by atoms with Crippen molar-refractivity contribution in [3.05, 3.63) is 45.6 Å². The van der Waals surface area contributed by atoms with E-state index in [1.165, 1.54) is 6.07 Å². The number of rotatable bonds is 2. The van der Waals surface area contributed by atoms with E-state index in [4.69, 9.17) is 27.6 Å². The molecule has 0 bridgehead atoms. The molecule has 16 heavy (non-hydrogen) atoms. The summed E-state index contributed by atoms with van der Waals surface area (Å²) in [6.07, 6.45) is 0. The number of benzene rings is 1. The maximum atomic E-state index is 10.9. The van der Waals surface area contributed by atoms with E-state index < -0.39 is 5.24 Å². The number of carbonyl (C=O) groups is 1. The SMILES string of the molecule is O=C(Cl)c1ccc(-c2ccc(Cl)cc2Br)o1. The minimum atomic E-state index is -0.615. The fourth-order valence-corrected chi connectivity index (χ4v) is 2.26. The lowest BCUT2D eigenvalue weighted by atomic mass is 10.2. The van der Waals surface area contributed by atoms with Gasteiger partial charge in [0.2, 0.25) is 0 Å². The second-order valence-electron chi connectivity index (χ2n) is 3.06. The summed E-state index contributed by atoms with van der Waals surface area (Å²) in [4.78, 5) is 10.9. The molecular weight excluding hydrogens is 315 g/mol. The van der Waals surface area contributed by atoms with Gasteiger partial charge in [-0.05, 0) is 57.9 Å². The topological polar surface area (TPSA) is 30.2 Å². The molecule has 0 aliphatic rings. The van der Waals surface area contributed by atoms with Crippen LogP contribution in [0.3, 0.4) is 0 Å². The molecule has 2 nitrogen and oxygen atoms in total. The Hall–Kier alpha value is -0.770. The average Bonchev–Trinajstić information content (AvgIpc) is 2.66. The van der Waals surface area contributed by atoms with Crippen molar-refractivity contribution in [3.63, 3.8) is 0 Å². The Morgan fingerprint density at radius 2 is 2.00 bits per heavy atom. The molecule has 0 N–H and O–H groups in total. The maximum absolute atomic E-state index is 10.9. The molecule has 0 radical (unpaired) electrons. The van der Waals surface area contributed by atoms with Gasteiger partial charge in [-0.3, -0.25) is 4.79 Å². The standard InChI is InChI=1S/C11H5BrCl2O2/c12-8-5-6(13)1-2-7(8)9-3-4-10(16-9)11(14)15/h1-5H. The summed E-state index contributed by atoms with van der Waals surface area (Å²) in [5.41, 5.74) is 0.813. The van der Waals surface area contributed by atoms with Gasteiger partial charge in [0.25, 0.3) is 5.24 Å². The third-order valence-electron chi connectivity index (χ3n) is 2.00. The van der Waals surface area contributed by atoms with Crippen molar-refractivity contribution in [2.24, 2.45) is 0 Å². The third kappa shape index (κ3) is 2.32. The minimum Gasteiger partial charge on any atom is -0.452 e. The largest absolute Gasteiger partial charge is 0.452 e. The van der Waals surface area contributed by atoms with Crippen LogP contribution in [0.2, 0.25) is 5.02 Å². The number of halogens is 3. The van der Waals surface area contributed by atoms with Gasteiger partial charge in [-0.25, -0.2) is 0 Å². The second kappa shape index (κ2) is 4.62. The Morgan fingerprint density at radius 3 is 2.56 bits per heavy atom. The second-order valence-corrected chi connectivity index (χ2v) is 4.70. The zero-order valence-corrected chi connectivity index (χ0v) is 10.9. The fourth-order valence-electron chi connectivity index (χ4n) is 1.28. The molecular formula is C11H5BrCl2O2. The zero-order chi connectivity index (χ0) is 11.7. The monoisotopic (exact) mass is 318 g/mol. The van der Waals surface area contributed by atoms with Crippen molar-refractivity contribution < 1.29 is 9.21 Å². The molecule has 0 unspecified atom stereocenters. The van der Waals surface area contributed by atoms with Crippen LogP contribution in [0, 0.1) is 0 Å². The van der Waals surface area contributed by atoms with Crippen molar-refractivity contribution in [1.82, 2.24) is 0 Å². The van der Waals surface area contributed by atoms with Crippen LogP contribution in [0.4, 0.5) is 0 Å². The van der Waals surface area contributed by atoms with Crippen LogP contribution in [-0.2, 0) is 0 Å². The maximum Gasteiger partial charge on any atom is 0.287 e. The molecule has 1 aromatic carbocycles. The van der Waals surface area contributed by atoms with Crippen LogP contribution < -0.4 is 0 Å². The molecule has 5 heteroatoms. The normalized spacial score (nSPS) is 10.4. The van der Waals surface area contributed by atoms with E-state index >= 15 is 0 Å². The quantitative estimate of drug-likeness (QED) is 0.748. The summed E-state index contributed by atoms with van der Waals surface area (Å²) in [6.45, 7) is 0. The van der Waals surface area contributed by atoms with Gasteiger partial charge in [-0.2, -0.15) is 0 Å². The summed E-state index contributed by atoms with van der Waals surface area (Å²) in [6, 6.07) is 8.51. The van der Waals surface area contributed by atoms with Crippen molar-refractivity contribution >= 4 is 44.4 Å². The highest BCUT2D eigenvalue weighted by Crippen LogP contribution is 2.31. The molecule has 0 aliphatic heterocycles. The summed E-state index contributed by atoms with van der Waals surface area (Å²) in [5.74, 6) is 0.686. The number of carbonyl (C=O) groups excluding carboxylic acids is 1. The van der Waals surface area contributed by atoms with Gasteiger partial charge < -0.3 is 4.42 Å². The minimum absolute atomic E-state index is 0.124. The highest BCUT2D eigenvalue weighted by molar-refractivity contribution is 9.10. The Labute approximate surface area is 110 Å². The smallest absolute Gasteiger partial charge is 0.287 e. The molecule has 82 valence electrons. The zero-order valence-electron chi connectivity index (χ0n) is 7.84. The molecule has 0 saturated carbocycles. The predicted molar refractivity (Wildman–Crippen MR) is 67.0 cm³/mol. The summed E-state index contributed by atoms with van der Waals surface area (Å²) in [5, 5.41) is 0.00663. The van der Waals surface area contributed by atoms with Crippen LogP contribution in [0.1, 0.15) is 10.6 Å². The highest BCUT2D eigenvalue weighted by Gasteiger charge is 2.11. The summed E-state index contributed by atoms with van der Waals surface area (Å²) < 4.78 is 6.09. The number of furan rings is 1. The first-order valence-electron chi connectivity index (χ1n) is 4.33. The predicted octanol–water partition coefficient (Wildman–Crippen LogP) is 4.74. The molecule has 1 aromatic heterocycles. The molecule has 0 aliphatic carbocycles. The van der Waals surface area contributed by atoms with Crippen LogP contribution in [-0.4, -0.2) is 5.24 Å². The van der Waals surface area contributed by atoms with E-state index in [1.807, 2.05) is 0 Å². The van der Waals surface area contributed by atoms with E-state index in [-0.39, 0.29) is 5.76 Å². The van der Waals surface area contributed by atoms with Crippen molar-refractivity contribution in [3.8, 4) is 11.3 Å². The van der Waals surface area contributed by atoms with E-state index in [2.05, 4.69) is 15.9 Å². The van der Waals surface area contributed by atoms with Crippen molar-refractivity contribution in [2.75, 3.05) is 0 Å². The summed E-state index contributed by atoms with van der Waals surface area (Å²) in [7, 11) is 0. The van der Waals surface area contributed by atoms with Gasteiger partial charge in [0.05, 0.1) is 0 Å². The Bertz CT molecular complexity index is 549. The molecule has 0 atom stereocenters. The first-order chi connectivity index (χ1) is 7.58. The Morgan fingerprint density at radius 1 is 1.25 bits per heavy atom. The fraction of sp³-hybridized carbons (Fsp3) is 0. The van der Waals surface area contributed by atoms with Crippen LogP contribution in [0.5, 0.6) is 0 Å². The number of hydrogen-bond donors (Lipinski definition) is 0. The van der Waals surface area contributed by atoms with Crippen molar-refractivity contribution in [1.29, 1.82) is 0 Å². The molecule has 2 rings (SSSR count). The highest BCUT2D eigenvalue weighted by atomic mass is 79.9. The molecule has 2 aromatic rings. The van der Waals surface area contributed by atoms with Crippen LogP contribution in [0.15, 0.2) is 39.2 Å². The molecule has 0 spiro atoms. The van der Waals surface area contributed by atoms with Gasteiger partial charge in [-0.15, -0.1) is 0 Å². The van der Waals surface area contributed by atoms with Gasteiger partial charge >= 0.3 is 0 Å². The van der Waals surface area contributed by atoms with E-state index in [1.54, 1.807) is 24.3 Å². The lowest BCUT2D eigenvalue weighted by Gasteiger charge is -2.00. The van der Waals surface area contributed by atoms with E-state index in [0.29, 0.717) is 10.8 Å². The Kier molecular flexibility index (Phi) is 3.38. The van der Waals surface area contributed by atoms with E-state index in [9.17, 15) is 4.79 Å². The number of hydrogen-bond acceptors (Lipinski definition) is 2. The van der Waals surface area contributed by atoms with Crippen LogP contribution >= 0.6 is 39.1 Å². The molecule has 0 fully saturated rings. The van der Waals surface area contributed by atoms with Gasteiger partial charge in [0.15, 0.2) is 5.76 Å². The van der Waals surface area contributed by atoms with Gasteiger partial charge in [0, 0.05) is 15.1 Å². The van der Waals surface area contributed by atoms with Crippen molar-refractivity contribution in [2.45, 2.75) is 0 Å². The lowest BCUT2D eigenvalue weighted by Crippen LogP contribution is -1.82. The van der Waals surface area contributed by atoms with E-state index in [0.717, 1.165) is 10.0 Å². The molecule has 0 amide bonds. The summed E-state index contributed by atoms with van der Waals surface area (Å²) >= 11 is 14.5. The van der Waals surface area contributed by atoms with Crippen LogP contribution in [0.25, 0.3) is 11.3 Å². The molecule has 1 heterocycles. The first-order valence-corrected chi connectivity index (χ1v) is 5.88. The van der Waals surface area contributed by atoms with Gasteiger partial charge in [0.1, 0.15) is 5.76 Å². The lowest BCUT2D eigenvalue weighted by molar-refractivity contribution is 0.105. The third-order valence-corrected chi connectivity index (χ3v) is 3.07. The van der Waals surface area contributed by atoms with Gasteiger partial charge in [-0.1, -0.05) is 11.6 Å². The first kappa shape index (κ1) is 11.7. The molecule has 0 saturated heterocycles. The Balaban J connectivity index is 2.46. The average molecular weight is 320 g/mol.